The highest BCUT2D eigenvalue weighted by molar-refractivity contribution is 7.99. The number of thioether (sulfide) groups is 1. The molecular formula is C25H22ClN4O3S+. The van der Waals surface area contributed by atoms with Crippen LogP contribution in [-0.4, -0.2) is 21.7 Å². The van der Waals surface area contributed by atoms with Gasteiger partial charge in [0, 0.05) is 28.4 Å². The molecule has 0 radical (unpaired) electrons. The van der Waals surface area contributed by atoms with Crippen LogP contribution in [0.1, 0.15) is 32.2 Å². The van der Waals surface area contributed by atoms with Crippen molar-refractivity contribution >= 4 is 35.0 Å². The van der Waals surface area contributed by atoms with E-state index in [0.29, 0.717) is 38.6 Å². The highest BCUT2D eigenvalue weighted by atomic mass is 35.5. The van der Waals surface area contributed by atoms with Gasteiger partial charge >= 0.3 is 17.4 Å². The van der Waals surface area contributed by atoms with Crippen LogP contribution < -0.4 is 15.1 Å². The number of amides is 1. The molecule has 1 aliphatic rings. The third kappa shape index (κ3) is 3.93. The van der Waals surface area contributed by atoms with Crippen LogP contribution >= 0.6 is 23.4 Å². The summed E-state index contributed by atoms with van der Waals surface area (Å²) in [6.07, 6.45) is 0.177. The minimum Gasteiger partial charge on any atom is -0.452 e. The molecular weight excluding hydrogens is 472 g/mol. The third-order valence-electron chi connectivity index (χ3n) is 5.55. The number of benzene rings is 2. The van der Waals surface area contributed by atoms with Gasteiger partial charge in [-0.25, -0.2) is 4.90 Å². The van der Waals surface area contributed by atoms with Gasteiger partial charge in [0.05, 0.1) is 11.3 Å². The normalized spacial score (nSPS) is 14.6. The maximum atomic E-state index is 13.2. The molecule has 2 aromatic heterocycles. The highest BCUT2D eigenvalue weighted by Gasteiger charge is 2.46. The second-order valence-electron chi connectivity index (χ2n) is 7.89. The third-order valence-corrected chi connectivity index (χ3v) is 6.87. The predicted octanol–water partition coefficient (Wildman–Crippen LogP) is 5.05. The van der Waals surface area contributed by atoms with Gasteiger partial charge in [-0.2, -0.15) is 0 Å². The van der Waals surface area contributed by atoms with E-state index in [0.717, 1.165) is 17.7 Å². The highest BCUT2D eigenvalue weighted by Crippen LogP contribution is 2.38. The number of hydrogen-bond acceptors (Lipinski definition) is 5. The quantitative estimate of drug-likeness (QED) is 0.310. The molecule has 0 fully saturated rings. The summed E-state index contributed by atoms with van der Waals surface area (Å²) in [5.74, 6) is 1.73. The lowest BCUT2D eigenvalue weighted by Crippen LogP contribution is -2.60. The molecule has 9 heteroatoms. The Morgan fingerprint density at radius 2 is 1.94 bits per heavy atom. The van der Waals surface area contributed by atoms with E-state index in [-0.39, 0.29) is 11.5 Å². The molecule has 3 heterocycles. The zero-order chi connectivity index (χ0) is 23.8. The van der Waals surface area contributed by atoms with Gasteiger partial charge in [-0.15, -0.1) is 0 Å². The summed E-state index contributed by atoms with van der Waals surface area (Å²) >= 11 is 7.49. The zero-order valence-electron chi connectivity index (χ0n) is 18.6. The summed E-state index contributed by atoms with van der Waals surface area (Å²) in [5.41, 5.74) is 2.23. The minimum atomic E-state index is -0.758. The smallest absolute Gasteiger partial charge is 0.325 e. The van der Waals surface area contributed by atoms with Crippen molar-refractivity contribution in [1.82, 2.24) is 10.1 Å². The van der Waals surface area contributed by atoms with Gasteiger partial charge in [0.15, 0.2) is 5.76 Å². The van der Waals surface area contributed by atoms with E-state index in [4.69, 9.17) is 21.1 Å². The van der Waals surface area contributed by atoms with Crippen molar-refractivity contribution in [3.05, 3.63) is 81.8 Å². The number of anilines is 1. The van der Waals surface area contributed by atoms with Crippen LogP contribution in [0.3, 0.4) is 0 Å². The fraction of sp³-hybridized carbons (Fsp3) is 0.200. The number of rotatable bonds is 5. The van der Waals surface area contributed by atoms with Crippen LogP contribution in [0.15, 0.2) is 75.0 Å². The first-order chi connectivity index (χ1) is 16.5. The molecule has 0 unspecified atom stereocenters. The lowest BCUT2D eigenvalue weighted by atomic mass is 10.0. The van der Waals surface area contributed by atoms with E-state index < -0.39 is 6.17 Å². The molecule has 0 bridgehead atoms. The standard InChI is InChI=1S/C25H21ClN4O3S/c1-3-14-34-25-27-23(32)22-18-6-4-5-7-19(18)29(15(2)31)24(30(22)28-25)21-13-12-20(33-21)16-8-10-17(26)11-9-16/h4-13,24H,3,14H2,1-2H3/p+1/t24-/m0/s1. The molecule has 7 nitrogen and oxygen atoms in total. The molecule has 2 aromatic carbocycles. The molecule has 1 amide bonds. The first-order valence-electron chi connectivity index (χ1n) is 10.9. The number of para-hydroxylation sites is 1. The molecule has 0 saturated heterocycles. The Morgan fingerprint density at radius 1 is 1.18 bits per heavy atom. The van der Waals surface area contributed by atoms with Gasteiger partial charge in [-0.3, -0.25) is 14.6 Å². The van der Waals surface area contributed by atoms with Crippen molar-refractivity contribution in [3.8, 4) is 22.6 Å². The largest absolute Gasteiger partial charge is 0.452 e. The Hall–Kier alpha value is -3.36. The monoisotopic (exact) mass is 493 g/mol. The average Bonchev–Trinajstić information content (AvgIpc) is 3.31. The summed E-state index contributed by atoms with van der Waals surface area (Å²) in [6, 6.07) is 18.3. The zero-order valence-corrected chi connectivity index (χ0v) is 20.2. The molecule has 0 spiro atoms. The van der Waals surface area contributed by atoms with E-state index in [1.54, 1.807) is 21.7 Å². The summed E-state index contributed by atoms with van der Waals surface area (Å²) < 4.78 is 7.85. The van der Waals surface area contributed by atoms with Crippen LogP contribution in [0.5, 0.6) is 0 Å². The number of carbonyl (C=O) groups is 1. The Labute approximate surface area is 205 Å². The van der Waals surface area contributed by atoms with E-state index in [2.05, 4.69) is 11.9 Å². The molecule has 1 atom stereocenters. The number of furan rings is 1. The molecule has 1 aliphatic heterocycles. The van der Waals surface area contributed by atoms with E-state index in [1.165, 1.54) is 18.7 Å². The number of fused-ring (bicyclic) bond motifs is 3. The topological polar surface area (TPSA) is 83.1 Å². The predicted molar refractivity (Wildman–Crippen MR) is 132 cm³/mol. The summed E-state index contributed by atoms with van der Waals surface area (Å²) in [4.78, 5) is 30.7. The SMILES string of the molecule is CCCSc1n[n+]2c(c(=O)[nH]1)-c1ccccc1N(C(C)=O)[C@@H]2c1ccc(-c2ccc(Cl)cc2)o1. The van der Waals surface area contributed by atoms with Crippen LogP contribution in [0, 0.1) is 0 Å². The van der Waals surface area contributed by atoms with Crippen molar-refractivity contribution in [1.29, 1.82) is 0 Å². The van der Waals surface area contributed by atoms with Crippen LogP contribution in [0.4, 0.5) is 5.69 Å². The fourth-order valence-corrected chi connectivity index (χ4v) is 4.93. The number of halogens is 1. The number of H-pyrrole nitrogens is 1. The van der Waals surface area contributed by atoms with E-state index >= 15 is 0 Å². The second kappa shape index (κ2) is 9.12. The Balaban J connectivity index is 1.71. The lowest BCUT2D eigenvalue weighted by Gasteiger charge is -2.30. The number of hydrogen-bond donors (Lipinski definition) is 1. The first kappa shape index (κ1) is 22.4. The van der Waals surface area contributed by atoms with Gasteiger partial charge in [0.25, 0.3) is 0 Å². The first-order valence-corrected chi connectivity index (χ1v) is 12.3. The molecule has 1 N–H and O–H groups in total. The number of aromatic amines is 1. The van der Waals surface area contributed by atoms with Gasteiger partial charge < -0.3 is 4.42 Å². The summed E-state index contributed by atoms with van der Waals surface area (Å²) in [7, 11) is 0. The maximum absolute atomic E-state index is 13.2. The molecule has 0 saturated carbocycles. The number of nitrogens with one attached hydrogen (secondary N) is 1. The van der Waals surface area contributed by atoms with E-state index in [9.17, 15) is 9.59 Å². The Kier molecular flexibility index (Phi) is 6.02. The van der Waals surface area contributed by atoms with Crippen molar-refractivity contribution in [2.75, 3.05) is 10.7 Å². The molecule has 34 heavy (non-hydrogen) atoms. The van der Waals surface area contributed by atoms with Crippen molar-refractivity contribution < 1.29 is 13.9 Å². The molecule has 172 valence electrons. The number of carbonyl (C=O) groups excluding carboxylic acids is 1. The van der Waals surface area contributed by atoms with Gasteiger partial charge in [0.1, 0.15) is 5.76 Å². The Bertz CT molecular complexity index is 1430. The molecule has 4 aromatic rings. The summed E-state index contributed by atoms with van der Waals surface area (Å²) in [6.45, 7) is 3.56. The lowest BCUT2D eigenvalue weighted by molar-refractivity contribution is -0.764. The Morgan fingerprint density at radius 3 is 2.68 bits per heavy atom. The van der Waals surface area contributed by atoms with Crippen LogP contribution in [-0.2, 0) is 4.79 Å². The number of aromatic nitrogens is 3. The van der Waals surface area contributed by atoms with Gasteiger partial charge in [-0.1, -0.05) is 42.4 Å². The van der Waals surface area contributed by atoms with Crippen LogP contribution in [0.25, 0.3) is 22.6 Å². The molecule has 5 rings (SSSR count). The average molecular weight is 494 g/mol. The maximum Gasteiger partial charge on any atom is 0.325 e. The molecule has 0 aliphatic carbocycles. The fourth-order valence-electron chi connectivity index (χ4n) is 4.10. The van der Waals surface area contributed by atoms with Gasteiger partial charge in [-0.05, 0) is 59.6 Å². The summed E-state index contributed by atoms with van der Waals surface area (Å²) in [5, 5.41) is 5.87. The second-order valence-corrected chi connectivity index (χ2v) is 9.41. The minimum absolute atomic E-state index is 0.190. The number of nitrogens with zero attached hydrogens (tertiary/aromatic N) is 3. The van der Waals surface area contributed by atoms with Gasteiger partial charge in [0.2, 0.25) is 11.1 Å². The van der Waals surface area contributed by atoms with E-state index in [1.807, 2.05) is 48.5 Å². The van der Waals surface area contributed by atoms with Crippen LogP contribution in [0.2, 0.25) is 5.02 Å². The van der Waals surface area contributed by atoms with Crippen molar-refractivity contribution in [3.63, 3.8) is 0 Å². The van der Waals surface area contributed by atoms with Crippen molar-refractivity contribution in [2.45, 2.75) is 31.6 Å². The van der Waals surface area contributed by atoms with Crippen molar-refractivity contribution in [2.24, 2.45) is 0 Å².